The number of nitrogens with one attached hydrogen (secondary N) is 1. The maximum Gasteiger partial charge on any atom is 0.238 e. The zero-order chi connectivity index (χ0) is 13.8. The minimum Gasteiger partial charge on any atom is -0.329 e. The third-order valence-corrected chi connectivity index (χ3v) is 3.79. The summed E-state index contributed by atoms with van der Waals surface area (Å²) in [5.74, 6) is 0.706. The summed E-state index contributed by atoms with van der Waals surface area (Å²) in [6, 6.07) is 8.15. The average molecular weight is 261 g/mol. The van der Waals surface area contributed by atoms with Crippen LogP contribution in [0, 0.1) is 12.8 Å². The van der Waals surface area contributed by atoms with Gasteiger partial charge in [0.25, 0.3) is 0 Å². The molecule has 2 rings (SSSR count). The third-order valence-electron chi connectivity index (χ3n) is 3.79. The molecule has 0 aromatic heterocycles. The summed E-state index contributed by atoms with van der Waals surface area (Å²) in [6.45, 7) is 3.01. The monoisotopic (exact) mass is 261 g/mol. The Bertz CT molecular complexity index is 443. The maximum absolute atomic E-state index is 12.0. The molecule has 0 spiro atoms. The zero-order valence-electron chi connectivity index (χ0n) is 11.7. The van der Waals surface area contributed by atoms with Crippen LogP contribution in [0.4, 0.5) is 5.69 Å². The molecule has 1 aromatic carbocycles. The van der Waals surface area contributed by atoms with Crippen molar-refractivity contribution in [3.05, 3.63) is 29.8 Å². The first-order valence-electron chi connectivity index (χ1n) is 6.87. The number of carbonyl (C=O) groups is 1. The lowest BCUT2D eigenvalue weighted by atomic mass is 10.1. The van der Waals surface area contributed by atoms with Crippen LogP contribution in [0.3, 0.4) is 0 Å². The summed E-state index contributed by atoms with van der Waals surface area (Å²) in [5, 5.41) is 2.96. The topological polar surface area (TPSA) is 58.4 Å². The molecule has 1 fully saturated rings. The minimum atomic E-state index is 0.0240. The predicted molar refractivity (Wildman–Crippen MR) is 78.0 cm³/mol. The number of hydrogen-bond donors (Lipinski definition) is 2. The van der Waals surface area contributed by atoms with E-state index >= 15 is 0 Å². The van der Waals surface area contributed by atoms with Crippen LogP contribution >= 0.6 is 0 Å². The van der Waals surface area contributed by atoms with Gasteiger partial charge in [0.1, 0.15) is 0 Å². The minimum absolute atomic E-state index is 0.0240. The van der Waals surface area contributed by atoms with Crippen LogP contribution in [0.5, 0.6) is 0 Å². The molecule has 1 aromatic rings. The van der Waals surface area contributed by atoms with E-state index in [0.717, 1.165) is 11.3 Å². The van der Waals surface area contributed by atoms with Gasteiger partial charge in [0, 0.05) is 18.3 Å². The van der Waals surface area contributed by atoms with Gasteiger partial charge in [-0.2, -0.15) is 0 Å². The fraction of sp³-hybridized carbons (Fsp3) is 0.533. The third kappa shape index (κ3) is 3.78. The number of amides is 1. The van der Waals surface area contributed by atoms with E-state index < -0.39 is 0 Å². The van der Waals surface area contributed by atoms with Crippen molar-refractivity contribution in [1.29, 1.82) is 0 Å². The SMILES string of the molecule is Cc1ccccc1NC(=O)CN(C)C(CN)C1CC1. The second-order valence-electron chi connectivity index (χ2n) is 5.42. The van der Waals surface area contributed by atoms with Crippen LogP contribution in [0.1, 0.15) is 18.4 Å². The normalized spacial score (nSPS) is 16.4. The quantitative estimate of drug-likeness (QED) is 0.818. The van der Waals surface area contributed by atoms with Crippen molar-refractivity contribution in [1.82, 2.24) is 4.90 Å². The number of nitrogens with zero attached hydrogens (tertiary/aromatic N) is 1. The van der Waals surface area contributed by atoms with Gasteiger partial charge in [-0.25, -0.2) is 0 Å². The van der Waals surface area contributed by atoms with E-state index in [1.807, 2.05) is 38.2 Å². The summed E-state index contributed by atoms with van der Waals surface area (Å²) < 4.78 is 0. The largest absolute Gasteiger partial charge is 0.329 e. The molecule has 104 valence electrons. The van der Waals surface area contributed by atoms with Gasteiger partial charge in [0.2, 0.25) is 5.91 Å². The highest BCUT2D eigenvalue weighted by molar-refractivity contribution is 5.92. The van der Waals surface area contributed by atoms with Crippen LogP contribution in [0.25, 0.3) is 0 Å². The maximum atomic E-state index is 12.0. The first-order valence-corrected chi connectivity index (χ1v) is 6.87. The highest BCUT2D eigenvalue weighted by Crippen LogP contribution is 2.34. The van der Waals surface area contributed by atoms with Gasteiger partial charge in [-0.15, -0.1) is 0 Å². The molecule has 1 unspecified atom stereocenters. The Labute approximate surface area is 115 Å². The summed E-state index contributed by atoms with van der Waals surface area (Å²) in [4.78, 5) is 14.1. The number of rotatable bonds is 6. The van der Waals surface area contributed by atoms with Crippen LogP contribution in [0.2, 0.25) is 0 Å². The van der Waals surface area contributed by atoms with E-state index in [9.17, 15) is 4.79 Å². The van der Waals surface area contributed by atoms with Crippen LogP contribution in [-0.2, 0) is 4.79 Å². The lowest BCUT2D eigenvalue weighted by Crippen LogP contribution is -2.43. The Morgan fingerprint density at radius 1 is 1.47 bits per heavy atom. The van der Waals surface area contributed by atoms with Crippen LogP contribution in [0.15, 0.2) is 24.3 Å². The Hall–Kier alpha value is -1.39. The van der Waals surface area contributed by atoms with E-state index in [0.29, 0.717) is 25.0 Å². The molecule has 4 heteroatoms. The lowest BCUT2D eigenvalue weighted by molar-refractivity contribution is -0.117. The smallest absolute Gasteiger partial charge is 0.238 e. The van der Waals surface area contributed by atoms with Crippen molar-refractivity contribution >= 4 is 11.6 Å². The molecule has 3 N–H and O–H groups in total. The van der Waals surface area contributed by atoms with E-state index in [4.69, 9.17) is 5.73 Å². The van der Waals surface area contributed by atoms with E-state index in [1.165, 1.54) is 12.8 Å². The Kier molecular flexibility index (Phi) is 4.56. The number of likely N-dealkylation sites (N-methyl/N-ethyl adjacent to an activating group) is 1. The lowest BCUT2D eigenvalue weighted by Gasteiger charge is -2.26. The Morgan fingerprint density at radius 3 is 2.74 bits per heavy atom. The molecule has 0 heterocycles. The molecule has 0 radical (unpaired) electrons. The molecular weight excluding hydrogens is 238 g/mol. The summed E-state index contributed by atoms with van der Waals surface area (Å²) in [5.41, 5.74) is 7.76. The standard InChI is InChI=1S/C15H23N3O/c1-11-5-3-4-6-13(11)17-15(19)10-18(2)14(9-16)12-7-8-12/h3-6,12,14H,7-10,16H2,1-2H3,(H,17,19). The van der Waals surface area contributed by atoms with Gasteiger partial charge in [0.15, 0.2) is 0 Å². The molecule has 0 bridgehead atoms. The molecule has 1 aliphatic rings. The molecule has 4 nitrogen and oxygen atoms in total. The number of para-hydroxylation sites is 1. The highest BCUT2D eigenvalue weighted by atomic mass is 16.2. The van der Waals surface area contributed by atoms with Crippen molar-refractivity contribution < 1.29 is 4.79 Å². The molecule has 0 aliphatic heterocycles. The molecule has 19 heavy (non-hydrogen) atoms. The van der Waals surface area contributed by atoms with Crippen molar-refractivity contribution in [2.75, 3.05) is 25.5 Å². The average Bonchev–Trinajstić information content (AvgIpc) is 3.17. The second-order valence-corrected chi connectivity index (χ2v) is 5.42. The summed E-state index contributed by atoms with van der Waals surface area (Å²) >= 11 is 0. The molecular formula is C15H23N3O. The number of benzene rings is 1. The van der Waals surface area contributed by atoms with E-state index in [1.54, 1.807) is 0 Å². The highest BCUT2D eigenvalue weighted by Gasteiger charge is 2.33. The zero-order valence-corrected chi connectivity index (χ0v) is 11.7. The van der Waals surface area contributed by atoms with E-state index in [-0.39, 0.29) is 5.91 Å². The Balaban J connectivity index is 1.88. The summed E-state index contributed by atoms with van der Waals surface area (Å²) in [6.07, 6.45) is 2.48. The first kappa shape index (κ1) is 14.0. The number of hydrogen-bond acceptors (Lipinski definition) is 3. The van der Waals surface area contributed by atoms with Gasteiger partial charge in [0.05, 0.1) is 6.54 Å². The van der Waals surface area contributed by atoms with Gasteiger partial charge in [-0.05, 0) is 44.4 Å². The second kappa shape index (κ2) is 6.17. The van der Waals surface area contributed by atoms with Crippen LogP contribution in [-0.4, -0.2) is 37.0 Å². The van der Waals surface area contributed by atoms with Crippen molar-refractivity contribution in [3.8, 4) is 0 Å². The van der Waals surface area contributed by atoms with Gasteiger partial charge in [-0.3, -0.25) is 9.69 Å². The van der Waals surface area contributed by atoms with Crippen molar-refractivity contribution in [2.24, 2.45) is 11.7 Å². The molecule has 1 amide bonds. The molecule has 1 aliphatic carbocycles. The molecule has 0 saturated heterocycles. The number of aryl methyl sites for hydroxylation is 1. The number of anilines is 1. The first-order chi connectivity index (χ1) is 9.11. The predicted octanol–water partition coefficient (Wildman–Crippen LogP) is 1.60. The molecule has 1 atom stereocenters. The number of carbonyl (C=O) groups excluding carboxylic acids is 1. The van der Waals surface area contributed by atoms with Crippen molar-refractivity contribution in [3.63, 3.8) is 0 Å². The Morgan fingerprint density at radius 2 is 2.16 bits per heavy atom. The van der Waals surface area contributed by atoms with Crippen LogP contribution < -0.4 is 11.1 Å². The van der Waals surface area contributed by atoms with Gasteiger partial charge in [-0.1, -0.05) is 18.2 Å². The fourth-order valence-electron chi connectivity index (χ4n) is 2.46. The summed E-state index contributed by atoms with van der Waals surface area (Å²) in [7, 11) is 1.98. The number of nitrogens with two attached hydrogens (primary N) is 1. The van der Waals surface area contributed by atoms with Gasteiger partial charge < -0.3 is 11.1 Å². The van der Waals surface area contributed by atoms with E-state index in [2.05, 4.69) is 10.2 Å². The van der Waals surface area contributed by atoms with Crippen molar-refractivity contribution in [2.45, 2.75) is 25.8 Å². The molecule has 1 saturated carbocycles. The van der Waals surface area contributed by atoms with Gasteiger partial charge >= 0.3 is 0 Å². The fourth-order valence-corrected chi connectivity index (χ4v) is 2.46.